The predicted molar refractivity (Wildman–Crippen MR) is 79.9 cm³/mol. The van der Waals surface area contributed by atoms with Gasteiger partial charge in [-0.1, -0.05) is 51.1 Å². The van der Waals surface area contributed by atoms with Crippen LogP contribution in [0.3, 0.4) is 0 Å². The van der Waals surface area contributed by atoms with E-state index in [1.165, 1.54) is 0 Å². The van der Waals surface area contributed by atoms with Gasteiger partial charge in [0, 0.05) is 18.1 Å². The fourth-order valence-electron chi connectivity index (χ4n) is 1.34. The first kappa shape index (κ1) is 15.6. The summed E-state index contributed by atoms with van der Waals surface area (Å²) in [6, 6.07) is 7.47. The molecule has 1 rings (SSSR count). The third-order valence-electron chi connectivity index (χ3n) is 2.47. The van der Waals surface area contributed by atoms with Crippen LogP contribution in [-0.2, 0) is 11.3 Å². The van der Waals surface area contributed by atoms with Crippen LogP contribution in [0.4, 0.5) is 0 Å². The van der Waals surface area contributed by atoms with Crippen LogP contribution in [0.5, 0.6) is 0 Å². The van der Waals surface area contributed by atoms with E-state index in [-0.39, 0.29) is 11.3 Å². The molecule has 0 unspecified atom stereocenters. The van der Waals surface area contributed by atoms with Crippen LogP contribution in [0.2, 0.25) is 5.02 Å². The topological polar surface area (TPSA) is 41.1 Å². The highest BCUT2D eigenvalue weighted by atomic mass is 35.5. The van der Waals surface area contributed by atoms with Crippen molar-refractivity contribution < 1.29 is 4.79 Å². The second kappa shape index (κ2) is 6.62. The highest BCUT2D eigenvalue weighted by molar-refractivity contribution is 6.30. The van der Waals surface area contributed by atoms with Gasteiger partial charge in [-0.15, -0.1) is 0 Å². The lowest BCUT2D eigenvalue weighted by atomic mass is 9.97. The van der Waals surface area contributed by atoms with E-state index in [4.69, 9.17) is 11.6 Å². The van der Waals surface area contributed by atoms with Crippen molar-refractivity contribution >= 4 is 17.5 Å². The summed E-state index contributed by atoms with van der Waals surface area (Å²) in [5, 5.41) is 6.55. The molecule has 0 aliphatic carbocycles. The van der Waals surface area contributed by atoms with E-state index in [1.807, 2.05) is 24.3 Å². The lowest BCUT2D eigenvalue weighted by molar-refractivity contribution is -0.118. The molecule has 3 nitrogen and oxygen atoms in total. The SMILES string of the molecule is C=C(NCc1ccc(Cl)cc1)C(=O)NCC(C)(C)C. The molecule has 0 aliphatic rings. The third kappa shape index (κ3) is 6.30. The van der Waals surface area contributed by atoms with E-state index >= 15 is 0 Å². The van der Waals surface area contributed by atoms with Gasteiger partial charge >= 0.3 is 0 Å². The van der Waals surface area contributed by atoms with Crippen LogP contribution in [-0.4, -0.2) is 12.5 Å². The molecule has 0 heterocycles. The molecule has 2 N–H and O–H groups in total. The van der Waals surface area contributed by atoms with Crippen molar-refractivity contribution in [1.82, 2.24) is 10.6 Å². The Kier molecular flexibility index (Phi) is 5.43. The van der Waals surface area contributed by atoms with Crippen LogP contribution in [0.15, 0.2) is 36.5 Å². The van der Waals surface area contributed by atoms with Crippen LogP contribution in [0, 0.1) is 5.41 Å². The van der Waals surface area contributed by atoms with Crippen molar-refractivity contribution in [1.29, 1.82) is 0 Å². The second-order valence-electron chi connectivity index (χ2n) is 5.70. The maximum absolute atomic E-state index is 11.8. The summed E-state index contributed by atoms with van der Waals surface area (Å²) in [6.07, 6.45) is 0. The number of benzene rings is 1. The summed E-state index contributed by atoms with van der Waals surface area (Å²) in [4.78, 5) is 11.8. The van der Waals surface area contributed by atoms with Crippen molar-refractivity contribution in [3.8, 4) is 0 Å². The fraction of sp³-hybridized carbons (Fsp3) is 0.400. The summed E-state index contributed by atoms with van der Waals surface area (Å²) in [7, 11) is 0. The molecule has 19 heavy (non-hydrogen) atoms. The minimum atomic E-state index is -0.163. The molecule has 0 atom stereocenters. The van der Waals surface area contributed by atoms with Gasteiger partial charge < -0.3 is 10.6 Å². The highest BCUT2D eigenvalue weighted by Gasteiger charge is 2.13. The number of nitrogens with one attached hydrogen (secondary N) is 2. The number of carbonyl (C=O) groups excluding carboxylic acids is 1. The Morgan fingerprint density at radius 1 is 1.21 bits per heavy atom. The van der Waals surface area contributed by atoms with Gasteiger partial charge in [-0.3, -0.25) is 4.79 Å². The van der Waals surface area contributed by atoms with Crippen LogP contribution >= 0.6 is 11.6 Å². The lowest BCUT2D eigenvalue weighted by Gasteiger charge is -2.19. The number of hydrogen-bond acceptors (Lipinski definition) is 2. The van der Waals surface area contributed by atoms with Crippen LogP contribution in [0.25, 0.3) is 0 Å². The monoisotopic (exact) mass is 280 g/mol. The van der Waals surface area contributed by atoms with Crippen molar-refractivity contribution in [2.75, 3.05) is 6.54 Å². The van der Waals surface area contributed by atoms with Gasteiger partial charge in [0.1, 0.15) is 0 Å². The van der Waals surface area contributed by atoms with Crippen molar-refractivity contribution in [3.63, 3.8) is 0 Å². The molecule has 1 aromatic rings. The highest BCUT2D eigenvalue weighted by Crippen LogP contribution is 2.11. The predicted octanol–water partition coefficient (Wildman–Crippen LogP) is 3.11. The number of carbonyl (C=O) groups is 1. The Hall–Kier alpha value is -1.48. The Balaban J connectivity index is 2.38. The molecule has 4 heteroatoms. The van der Waals surface area contributed by atoms with E-state index in [0.29, 0.717) is 23.8 Å². The first-order chi connectivity index (χ1) is 8.78. The first-order valence-electron chi connectivity index (χ1n) is 6.23. The number of hydrogen-bond donors (Lipinski definition) is 2. The standard InChI is InChI=1S/C15H21ClN2O/c1-11(14(19)18-10-15(2,3)4)17-9-12-5-7-13(16)8-6-12/h5-8,17H,1,9-10H2,2-4H3,(H,18,19). The molecule has 0 spiro atoms. The Labute approximate surface area is 120 Å². The van der Waals surface area contributed by atoms with Gasteiger partial charge in [-0.25, -0.2) is 0 Å². The molecule has 104 valence electrons. The Morgan fingerprint density at radius 3 is 2.32 bits per heavy atom. The maximum Gasteiger partial charge on any atom is 0.266 e. The molecule has 1 aromatic carbocycles. The summed E-state index contributed by atoms with van der Waals surface area (Å²) < 4.78 is 0. The van der Waals surface area contributed by atoms with Gasteiger partial charge in [-0.2, -0.15) is 0 Å². The van der Waals surface area contributed by atoms with Crippen LogP contribution in [0.1, 0.15) is 26.3 Å². The molecular formula is C15H21ClN2O. The zero-order valence-electron chi connectivity index (χ0n) is 11.7. The van der Waals surface area contributed by atoms with E-state index in [2.05, 4.69) is 38.0 Å². The Morgan fingerprint density at radius 2 is 1.79 bits per heavy atom. The quantitative estimate of drug-likeness (QED) is 0.814. The van der Waals surface area contributed by atoms with E-state index in [1.54, 1.807) is 0 Å². The fourth-order valence-corrected chi connectivity index (χ4v) is 1.47. The maximum atomic E-state index is 11.8. The Bertz CT molecular complexity index is 446. The molecule has 1 amide bonds. The molecule has 0 aromatic heterocycles. The first-order valence-corrected chi connectivity index (χ1v) is 6.61. The van der Waals surface area contributed by atoms with Gasteiger partial charge in [0.15, 0.2) is 0 Å². The number of halogens is 1. The zero-order valence-corrected chi connectivity index (χ0v) is 12.5. The second-order valence-corrected chi connectivity index (χ2v) is 6.14. The van der Waals surface area contributed by atoms with Crippen molar-refractivity contribution in [2.45, 2.75) is 27.3 Å². The molecule has 0 aliphatic heterocycles. The van der Waals surface area contributed by atoms with Crippen molar-refractivity contribution in [3.05, 3.63) is 47.1 Å². The molecule has 0 radical (unpaired) electrons. The van der Waals surface area contributed by atoms with E-state index in [9.17, 15) is 4.79 Å². The third-order valence-corrected chi connectivity index (χ3v) is 2.72. The minimum absolute atomic E-state index is 0.0616. The van der Waals surface area contributed by atoms with Gasteiger partial charge in [0.25, 0.3) is 5.91 Å². The minimum Gasteiger partial charge on any atom is -0.377 e. The summed E-state index contributed by atoms with van der Waals surface area (Å²) >= 11 is 5.81. The molecule has 0 saturated carbocycles. The number of rotatable bonds is 5. The number of amides is 1. The zero-order chi connectivity index (χ0) is 14.5. The summed E-state index contributed by atoms with van der Waals surface area (Å²) in [5.41, 5.74) is 1.49. The van der Waals surface area contributed by atoms with E-state index < -0.39 is 0 Å². The lowest BCUT2D eigenvalue weighted by Crippen LogP contribution is -2.36. The van der Waals surface area contributed by atoms with Gasteiger partial charge in [0.05, 0.1) is 5.70 Å². The largest absolute Gasteiger partial charge is 0.377 e. The molecule has 0 fully saturated rings. The summed E-state index contributed by atoms with van der Waals surface area (Å²) in [5.74, 6) is -0.163. The van der Waals surface area contributed by atoms with Gasteiger partial charge in [0.2, 0.25) is 0 Å². The van der Waals surface area contributed by atoms with Gasteiger partial charge in [-0.05, 0) is 23.1 Å². The molecular weight excluding hydrogens is 260 g/mol. The summed E-state index contributed by atoms with van der Waals surface area (Å²) in [6.45, 7) is 11.1. The van der Waals surface area contributed by atoms with Crippen LogP contribution < -0.4 is 10.6 Å². The molecule has 0 saturated heterocycles. The van der Waals surface area contributed by atoms with Crippen molar-refractivity contribution in [2.24, 2.45) is 5.41 Å². The average Bonchev–Trinajstić information content (AvgIpc) is 2.34. The normalized spacial score (nSPS) is 10.9. The van der Waals surface area contributed by atoms with E-state index in [0.717, 1.165) is 5.56 Å². The average molecular weight is 281 g/mol. The smallest absolute Gasteiger partial charge is 0.266 e. The molecule has 0 bridgehead atoms.